The van der Waals surface area contributed by atoms with Crippen LogP contribution in [0.1, 0.15) is 11.1 Å². The SMILES string of the molecule is COc1cc(/C=C2/N=C(c3ccc([N+](=O)[O-])cc3)OC2=O)cc(OC)c1OC. The summed E-state index contributed by atoms with van der Waals surface area (Å²) in [6.07, 6.45) is 1.52. The van der Waals surface area contributed by atoms with Gasteiger partial charge in [0.05, 0.1) is 26.3 Å². The van der Waals surface area contributed by atoms with Gasteiger partial charge in [-0.3, -0.25) is 10.1 Å². The molecule has 3 rings (SSSR count). The maximum Gasteiger partial charge on any atom is 0.363 e. The molecule has 2 aromatic rings. The first-order chi connectivity index (χ1) is 13.5. The van der Waals surface area contributed by atoms with Crippen LogP contribution in [0.3, 0.4) is 0 Å². The minimum atomic E-state index is -0.637. The predicted octanol–water partition coefficient (Wildman–Crippen LogP) is 2.97. The normalized spacial score (nSPS) is 14.5. The molecule has 0 radical (unpaired) electrons. The summed E-state index contributed by atoms with van der Waals surface area (Å²) in [6, 6.07) is 8.89. The van der Waals surface area contributed by atoms with E-state index in [2.05, 4.69) is 4.99 Å². The third-order valence-corrected chi connectivity index (χ3v) is 3.94. The van der Waals surface area contributed by atoms with Crippen LogP contribution in [0, 0.1) is 10.1 Å². The number of carbonyl (C=O) groups is 1. The number of aliphatic imine (C=N–C) groups is 1. The highest BCUT2D eigenvalue weighted by molar-refractivity contribution is 6.12. The fourth-order valence-electron chi connectivity index (χ4n) is 2.60. The maximum absolute atomic E-state index is 12.2. The van der Waals surface area contributed by atoms with E-state index in [0.29, 0.717) is 28.4 Å². The molecule has 0 atom stereocenters. The summed E-state index contributed by atoms with van der Waals surface area (Å²) in [5, 5.41) is 10.7. The highest BCUT2D eigenvalue weighted by Gasteiger charge is 2.25. The van der Waals surface area contributed by atoms with E-state index in [-0.39, 0.29) is 17.3 Å². The quantitative estimate of drug-likeness (QED) is 0.326. The van der Waals surface area contributed by atoms with Crippen LogP contribution in [0.5, 0.6) is 17.2 Å². The Bertz CT molecular complexity index is 969. The van der Waals surface area contributed by atoms with Gasteiger partial charge in [-0.2, -0.15) is 0 Å². The van der Waals surface area contributed by atoms with Crippen LogP contribution >= 0.6 is 0 Å². The molecule has 0 fully saturated rings. The van der Waals surface area contributed by atoms with Crippen molar-refractivity contribution in [1.82, 2.24) is 0 Å². The van der Waals surface area contributed by atoms with Crippen molar-refractivity contribution in [2.75, 3.05) is 21.3 Å². The first kappa shape index (κ1) is 18.9. The summed E-state index contributed by atoms with van der Waals surface area (Å²) < 4.78 is 21.0. The van der Waals surface area contributed by atoms with E-state index in [1.807, 2.05) is 0 Å². The molecule has 0 aromatic heterocycles. The van der Waals surface area contributed by atoms with Crippen molar-refractivity contribution in [3.05, 3.63) is 63.3 Å². The van der Waals surface area contributed by atoms with Crippen LogP contribution in [0.15, 0.2) is 47.1 Å². The Balaban J connectivity index is 1.96. The van der Waals surface area contributed by atoms with E-state index >= 15 is 0 Å². The Hall–Kier alpha value is -3.88. The summed E-state index contributed by atoms with van der Waals surface area (Å²) in [4.78, 5) is 26.6. The molecule has 9 nitrogen and oxygen atoms in total. The van der Waals surface area contributed by atoms with E-state index in [1.54, 1.807) is 12.1 Å². The smallest absolute Gasteiger partial charge is 0.363 e. The molecular formula is C19H16N2O7. The second-order valence-electron chi connectivity index (χ2n) is 5.60. The minimum absolute atomic E-state index is 0.0677. The third-order valence-electron chi connectivity index (χ3n) is 3.94. The predicted molar refractivity (Wildman–Crippen MR) is 99.8 cm³/mol. The van der Waals surface area contributed by atoms with Crippen molar-refractivity contribution >= 4 is 23.6 Å². The van der Waals surface area contributed by atoms with Gasteiger partial charge in [0.1, 0.15) is 0 Å². The minimum Gasteiger partial charge on any atom is -0.493 e. The summed E-state index contributed by atoms with van der Waals surface area (Å²) in [7, 11) is 4.47. The first-order valence-electron chi connectivity index (χ1n) is 8.04. The third kappa shape index (κ3) is 3.63. The molecule has 0 saturated heterocycles. The molecule has 9 heteroatoms. The molecule has 144 valence electrons. The first-order valence-corrected chi connectivity index (χ1v) is 8.04. The average Bonchev–Trinajstić information content (AvgIpc) is 3.07. The Morgan fingerprint density at radius 1 is 1.04 bits per heavy atom. The molecule has 0 bridgehead atoms. The number of nitro groups is 1. The van der Waals surface area contributed by atoms with Gasteiger partial charge in [-0.1, -0.05) is 0 Å². The van der Waals surface area contributed by atoms with E-state index in [0.717, 1.165) is 0 Å². The number of cyclic esters (lactones) is 1. The molecule has 1 heterocycles. The van der Waals surface area contributed by atoms with Gasteiger partial charge in [-0.15, -0.1) is 0 Å². The monoisotopic (exact) mass is 384 g/mol. The number of hydrogen-bond donors (Lipinski definition) is 0. The highest BCUT2D eigenvalue weighted by atomic mass is 16.6. The Labute approximate surface area is 160 Å². The van der Waals surface area contributed by atoms with E-state index in [9.17, 15) is 14.9 Å². The van der Waals surface area contributed by atoms with Gasteiger partial charge < -0.3 is 18.9 Å². The van der Waals surface area contributed by atoms with Crippen LogP contribution in [-0.4, -0.2) is 38.1 Å². The topological polar surface area (TPSA) is 109 Å². The van der Waals surface area contributed by atoms with Crippen molar-refractivity contribution in [2.45, 2.75) is 0 Å². The number of carbonyl (C=O) groups excluding carboxylic acids is 1. The van der Waals surface area contributed by atoms with E-state index < -0.39 is 10.9 Å². The number of nitro benzene ring substituents is 1. The van der Waals surface area contributed by atoms with Crippen LogP contribution in [0.25, 0.3) is 6.08 Å². The highest BCUT2D eigenvalue weighted by Crippen LogP contribution is 2.39. The Morgan fingerprint density at radius 2 is 1.64 bits per heavy atom. The molecule has 0 spiro atoms. The van der Waals surface area contributed by atoms with Gasteiger partial charge in [0.15, 0.2) is 17.2 Å². The number of benzene rings is 2. The maximum atomic E-state index is 12.2. The zero-order chi connectivity index (χ0) is 20.3. The largest absolute Gasteiger partial charge is 0.493 e. The van der Waals surface area contributed by atoms with Crippen molar-refractivity contribution in [1.29, 1.82) is 0 Å². The average molecular weight is 384 g/mol. The molecule has 1 aliphatic heterocycles. The lowest BCUT2D eigenvalue weighted by Crippen LogP contribution is -2.05. The zero-order valence-electron chi connectivity index (χ0n) is 15.3. The molecule has 2 aromatic carbocycles. The fourth-order valence-corrected chi connectivity index (χ4v) is 2.60. The number of ether oxygens (including phenoxy) is 4. The molecular weight excluding hydrogens is 368 g/mol. The number of nitrogens with zero attached hydrogens (tertiary/aromatic N) is 2. The molecule has 0 amide bonds. The van der Waals surface area contributed by atoms with Crippen molar-refractivity contribution in [2.24, 2.45) is 4.99 Å². The molecule has 0 aliphatic carbocycles. The van der Waals surface area contributed by atoms with Crippen molar-refractivity contribution in [3.8, 4) is 17.2 Å². The van der Waals surface area contributed by atoms with Gasteiger partial charge >= 0.3 is 5.97 Å². The van der Waals surface area contributed by atoms with E-state index in [1.165, 1.54) is 51.7 Å². The summed E-state index contributed by atoms with van der Waals surface area (Å²) in [5.41, 5.74) is 1.05. The summed E-state index contributed by atoms with van der Waals surface area (Å²) in [6.45, 7) is 0. The molecule has 1 aliphatic rings. The number of rotatable bonds is 6. The van der Waals surface area contributed by atoms with Gasteiger partial charge in [0.25, 0.3) is 5.69 Å². The van der Waals surface area contributed by atoms with Gasteiger partial charge in [0.2, 0.25) is 11.6 Å². The van der Waals surface area contributed by atoms with Gasteiger partial charge in [-0.05, 0) is 35.9 Å². The fraction of sp³-hybridized carbons (Fsp3) is 0.158. The number of methoxy groups -OCH3 is 3. The molecule has 0 N–H and O–H groups in total. The van der Waals surface area contributed by atoms with Gasteiger partial charge in [0, 0.05) is 17.7 Å². The number of hydrogen-bond acceptors (Lipinski definition) is 8. The zero-order valence-corrected chi connectivity index (χ0v) is 15.3. The Kier molecular flexibility index (Phi) is 5.25. The van der Waals surface area contributed by atoms with Crippen LogP contribution in [0.4, 0.5) is 5.69 Å². The van der Waals surface area contributed by atoms with Crippen molar-refractivity contribution in [3.63, 3.8) is 0 Å². The van der Waals surface area contributed by atoms with Crippen LogP contribution < -0.4 is 14.2 Å². The van der Waals surface area contributed by atoms with E-state index in [4.69, 9.17) is 18.9 Å². The lowest BCUT2D eigenvalue weighted by Gasteiger charge is -2.12. The van der Waals surface area contributed by atoms with Crippen LogP contribution in [-0.2, 0) is 9.53 Å². The lowest BCUT2D eigenvalue weighted by molar-refractivity contribution is -0.384. The Morgan fingerprint density at radius 3 is 2.14 bits per heavy atom. The van der Waals surface area contributed by atoms with Crippen molar-refractivity contribution < 1.29 is 28.7 Å². The lowest BCUT2D eigenvalue weighted by atomic mass is 10.1. The molecule has 0 unspecified atom stereocenters. The standard InChI is InChI=1S/C19H16N2O7/c1-25-15-9-11(10-16(26-2)17(15)27-3)8-14-19(22)28-18(20-14)12-4-6-13(7-5-12)21(23)24/h4-10H,1-3H3/b14-8+. The number of esters is 1. The second kappa shape index (κ2) is 7.78. The molecule has 0 saturated carbocycles. The van der Waals surface area contributed by atoms with Gasteiger partial charge in [-0.25, -0.2) is 9.79 Å². The summed E-state index contributed by atoms with van der Waals surface area (Å²) in [5.74, 6) is 0.719. The summed E-state index contributed by atoms with van der Waals surface area (Å²) >= 11 is 0. The second-order valence-corrected chi connectivity index (χ2v) is 5.60. The number of non-ortho nitro benzene ring substituents is 1. The molecule has 28 heavy (non-hydrogen) atoms. The van der Waals surface area contributed by atoms with Crippen LogP contribution in [0.2, 0.25) is 0 Å².